The van der Waals surface area contributed by atoms with E-state index in [1.54, 1.807) is 0 Å². The normalized spacial score (nSPS) is 25.6. The Bertz CT molecular complexity index is 483. The summed E-state index contributed by atoms with van der Waals surface area (Å²) in [7, 11) is -3.14. The Labute approximate surface area is 119 Å². The highest BCUT2D eigenvalue weighted by atomic mass is 32.2. The third kappa shape index (κ3) is 3.71. The van der Waals surface area contributed by atoms with Gasteiger partial charge in [-0.15, -0.1) is 0 Å². The van der Waals surface area contributed by atoms with Gasteiger partial charge >= 0.3 is 0 Å². The molecule has 0 radical (unpaired) electrons. The average Bonchev–Trinajstić information content (AvgIpc) is 2.39. The van der Waals surface area contributed by atoms with E-state index < -0.39 is 15.9 Å². The van der Waals surface area contributed by atoms with Crippen LogP contribution in [0, 0.1) is 5.92 Å². The summed E-state index contributed by atoms with van der Waals surface area (Å²) in [4.78, 5) is 25.6. The van der Waals surface area contributed by atoms with Crippen LogP contribution in [0.1, 0.15) is 32.1 Å². The van der Waals surface area contributed by atoms with E-state index in [4.69, 9.17) is 0 Å². The summed E-state index contributed by atoms with van der Waals surface area (Å²) in [5, 5.41) is 2.63. The minimum atomic E-state index is -3.14. The molecule has 2 amide bonds. The van der Waals surface area contributed by atoms with Crippen LogP contribution in [-0.2, 0) is 19.4 Å². The first-order valence-corrected chi connectivity index (χ1v) is 9.19. The molecule has 6 nitrogen and oxygen atoms in total. The molecule has 0 spiro atoms. The average molecular weight is 302 g/mol. The van der Waals surface area contributed by atoms with Crippen LogP contribution >= 0.6 is 0 Å². The minimum Gasteiger partial charge on any atom is -0.345 e. The van der Waals surface area contributed by atoms with E-state index in [1.165, 1.54) is 11.3 Å². The van der Waals surface area contributed by atoms with Crippen LogP contribution in [-0.4, -0.2) is 56.3 Å². The Morgan fingerprint density at radius 3 is 2.45 bits per heavy atom. The standard InChI is InChI=1S/C13H22N2O4S/c1-20(18,19)8-7-15-11(16)9-14-13(17)12(15)10-5-3-2-4-6-10/h10,12H,2-9H2,1H3,(H,14,17). The Hall–Kier alpha value is -1.11. The van der Waals surface area contributed by atoms with E-state index in [1.807, 2.05) is 0 Å². The quantitative estimate of drug-likeness (QED) is 0.788. The zero-order chi connectivity index (χ0) is 14.8. The van der Waals surface area contributed by atoms with Crippen molar-refractivity contribution in [3.05, 3.63) is 0 Å². The molecule has 1 aliphatic heterocycles. The summed E-state index contributed by atoms with van der Waals surface area (Å²) in [5.74, 6) is -0.240. The Morgan fingerprint density at radius 2 is 1.85 bits per heavy atom. The van der Waals surface area contributed by atoms with E-state index in [0.717, 1.165) is 31.9 Å². The molecule has 2 rings (SSSR count). The van der Waals surface area contributed by atoms with Crippen LogP contribution in [0.25, 0.3) is 0 Å². The van der Waals surface area contributed by atoms with Crippen LogP contribution < -0.4 is 5.32 Å². The van der Waals surface area contributed by atoms with Gasteiger partial charge in [0.05, 0.1) is 12.3 Å². The van der Waals surface area contributed by atoms with Crippen molar-refractivity contribution in [1.29, 1.82) is 0 Å². The van der Waals surface area contributed by atoms with Crippen molar-refractivity contribution in [3.63, 3.8) is 0 Å². The second-order valence-electron chi connectivity index (χ2n) is 5.78. The summed E-state index contributed by atoms with van der Waals surface area (Å²) in [5.41, 5.74) is 0. The SMILES string of the molecule is CS(=O)(=O)CCN1C(=O)CNC(=O)C1C1CCCCC1. The monoisotopic (exact) mass is 302 g/mol. The molecule has 0 aromatic rings. The van der Waals surface area contributed by atoms with Gasteiger partial charge in [-0.3, -0.25) is 9.59 Å². The molecule has 7 heteroatoms. The first-order valence-electron chi connectivity index (χ1n) is 7.13. The maximum atomic E-state index is 12.1. The number of carbonyl (C=O) groups is 2. The summed E-state index contributed by atoms with van der Waals surface area (Å²) in [6.45, 7) is 0.0953. The topological polar surface area (TPSA) is 83.6 Å². The van der Waals surface area contributed by atoms with Gasteiger partial charge in [-0.2, -0.15) is 0 Å². The maximum absolute atomic E-state index is 12.1. The molecule has 114 valence electrons. The summed E-state index contributed by atoms with van der Waals surface area (Å²) in [6.07, 6.45) is 6.33. The molecular formula is C13H22N2O4S. The molecule has 1 heterocycles. The Morgan fingerprint density at radius 1 is 1.20 bits per heavy atom. The lowest BCUT2D eigenvalue weighted by Gasteiger charge is -2.40. The van der Waals surface area contributed by atoms with Crippen molar-refractivity contribution >= 4 is 21.7 Å². The zero-order valence-electron chi connectivity index (χ0n) is 11.8. The molecule has 20 heavy (non-hydrogen) atoms. The third-order valence-corrected chi connectivity index (χ3v) is 5.06. The molecule has 1 N–H and O–H groups in total. The number of nitrogens with one attached hydrogen (secondary N) is 1. The van der Waals surface area contributed by atoms with Crippen LogP contribution in [0.4, 0.5) is 0 Å². The van der Waals surface area contributed by atoms with Crippen LogP contribution in [0.15, 0.2) is 0 Å². The zero-order valence-corrected chi connectivity index (χ0v) is 12.6. The fraction of sp³-hybridized carbons (Fsp3) is 0.846. The smallest absolute Gasteiger partial charge is 0.243 e. The van der Waals surface area contributed by atoms with Gasteiger partial charge in [-0.05, 0) is 18.8 Å². The first kappa shape index (κ1) is 15.3. The number of hydrogen-bond acceptors (Lipinski definition) is 4. The van der Waals surface area contributed by atoms with Crippen molar-refractivity contribution < 1.29 is 18.0 Å². The van der Waals surface area contributed by atoms with E-state index in [2.05, 4.69) is 5.32 Å². The lowest BCUT2D eigenvalue weighted by Crippen LogP contribution is -2.61. The van der Waals surface area contributed by atoms with E-state index in [0.29, 0.717) is 0 Å². The number of carbonyl (C=O) groups excluding carboxylic acids is 2. The van der Waals surface area contributed by atoms with Gasteiger partial charge in [-0.1, -0.05) is 19.3 Å². The molecule has 0 bridgehead atoms. The van der Waals surface area contributed by atoms with Crippen molar-refractivity contribution in [3.8, 4) is 0 Å². The molecule has 0 aromatic heterocycles. The van der Waals surface area contributed by atoms with E-state index in [9.17, 15) is 18.0 Å². The lowest BCUT2D eigenvalue weighted by molar-refractivity contribution is -0.148. The first-order chi connectivity index (χ1) is 9.38. The second-order valence-corrected chi connectivity index (χ2v) is 8.04. The van der Waals surface area contributed by atoms with E-state index >= 15 is 0 Å². The predicted molar refractivity (Wildman–Crippen MR) is 74.8 cm³/mol. The van der Waals surface area contributed by atoms with Crippen LogP contribution in [0.2, 0.25) is 0 Å². The third-order valence-electron chi connectivity index (χ3n) is 4.14. The molecule has 2 fully saturated rings. The lowest BCUT2D eigenvalue weighted by atomic mass is 9.82. The molecule has 1 atom stereocenters. The van der Waals surface area contributed by atoms with Crippen LogP contribution in [0.5, 0.6) is 0 Å². The number of rotatable bonds is 4. The highest BCUT2D eigenvalue weighted by molar-refractivity contribution is 7.90. The molecule has 1 saturated carbocycles. The molecule has 1 saturated heterocycles. The van der Waals surface area contributed by atoms with Crippen molar-refractivity contribution in [1.82, 2.24) is 10.2 Å². The maximum Gasteiger partial charge on any atom is 0.243 e. The van der Waals surface area contributed by atoms with Gasteiger partial charge in [0.2, 0.25) is 11.8 Å². The largest absolute Gasteiger partial charge is 0.345 e. The minimum absolute atomic E-state index is 0.0220. The van der Waals surface area contributed by atoms with Gasteiger partial charge in [0.25, 0.3) is 0 Å². The van der Waals surface area contributed by atoms with Crippen molar-refractivity contribution in [2.45, 2.75) is 38.1 Å². The molecular weight excluding hydrogens is 280 g/mol. The highest BCUT2D eigenvalue weighted by Crippen LogP contribution is 2.30. The number of hydrogen-bond donors (Lipinski definition) is 1. The van der Waals surface area contributed by atoms with Crippen LogP contribution in [0.3, 0.4) is 0 Å². The number of nitrogens with zero attached hydrogens (tertiary/aromatic N) is 1. The number of amides is 2. The van der Waals surface area contributed by atoms with Gasteiger partial charge in [0.1, 0.15) is 15.9 Å². The fourth-order valence-corrected chi connectivity index (χ4v) is 3.64. The van der Waals surface area contributed by atoms with Crippen molar-refractivity contribution in [2.24, 2.45) is 5.92 Å². The Balaban J connectivity index is 2.13. The molecule has 1 unspecified atom stereocenters. The number of piperazine rings is 1. The molecule has 1 aliphatic carbocycles. The van der Waals surface area contributed by atoms with Gasteiger partial charge in [0.15, 0.2) is 0 Å². The van der Waals surface area contributed by atoms with Gasteiger partial charge < -0.3 is 10.2 Å². The van der Waals surface area contributed by atoms with Gasteiger partial charge in [0, 0.05) is 12.8 Å². The predicted octanol–water partition coefficient (Wildman–Crippen LogP) is -0.0617. The van der Waals surface area contributed by atoms with Crippen molar-refractivity contribution in [2.75, 3.05) is 25.1 Å². The molecule has 2 aliphatic rings. The summed E-state index contributed by atoms with van der Waals surface area (Å²) < 4.78 is 22.6. The summed E-state index contributed by atoms with van der Waals surface area (Å²) >= 11 is 0. The summed E-state index contributed by atoms with van der Waals surface area (Å²) in [6, 6.07) is -0.488. The molecule has 0 aromatic carbocycles. The highest BCUT2D eigenvalue weighted by Gasteiger charge is 2.40. The van der Waals surface area contributed by atoms with Gasteiger partial charge in [-0.25, -0.2) is 8.42 Å². The Kier molecular flexibility index (Phi) is 4.67. The number of sulfone groups is 1. The second kappa shape index (κ2) is 6.11. The fourth-order valence-electron chi connectivity index (χ4n) is 3.11. The van der Waals surface area contributed by atoms with E-state index in [-0.39, 0.29) is 36.6 Å².